The van der Waals surface area contributed by atoms with Crippen molar-refractivity contribution in [3.05, 3.63) is 97.2 Å². The van der Waals surface area contributed by atoms with Crippen LogP contribution in [0.4, 0.5) is 0 Å². The number of ether oxygens (including phenoxy) is 3. The van der Waals surface area contributed by atoms with Crippen LogP contribution in [0.5, 0.6) is 0 Å². The molecule has 1 atom stereocenters. The molecule has 0 aromatic rings. The lowest BCUT2D eigenvalue weighted by Gasteiger charge is -2.18. The van der Waals surface area contributed by atoms with Crippen molar-refractivity contribution >= 4 is 17.9 Å². The maximum atomic E-state index is 12.9. The highest BCUT2D eigenvalue weighted by atomic mass is 16.6. The van der Waals surface area contributed by atoms with Crippen molar-refractivity contribution in [3.63, 3.8) is 0 Å². The van der Waals surface area contributed by atoms with E-state index < -0.39 is 6.10 Å². The summed E-state index contributed by atoms with van der Waals surface area (Å²) < 4.78 is 16.9. The Morgan fingerprint density at radius 2 is 0.500 bits per heavy atom. The summed E-state index contributed by atoms with van der Waals surface area (Å²) in [6, 6.07) is 0. The Hall–Kier alpha value is -3.67. The number of allylic oxidation sites excluding steroid dienone is 16. The molecular weight excluding hydrogens is 961 g/mol. The zero-order valence-electron chi connectivity index (χ0n) is 51.4. The van der Waals surface area contributed by atoms with Gasteiger partial charge in [-0.25, -0.2) is 0 Å². The van der Waals surface area contributed by atoms with Crippen LogP contribution in [-0.2, 0) is 28.6 Å². The Balaban J connectivity index is 4.14. The number of hydrogen-bond donors (Lipinski definition) is 0. The van der Waals surface area contributed by atoms with E-state index in [2.05, 4.69) is 118 Å². The quantitative estimate of drug-likeness (QED) is 0.0261. The minimum atomic E-state index is -0.778. The molecule has 0 bridgehead atoms. The van der Waals surface area contributed by atoms with Gasteiger partial charge in [-0.2, -0.15) is 0 Å². The van der Waals surface area contributed by atoms with Crippen molar-refractivity contribution in [2.24, 2.45) is 0 Å². The van der Waals surface area contributed by atoms with Gasteiger partial charge in [-0.15, -0.1) is 0 Å². The number of carbonyl (C=O) groups excluding carboxylic acids is 3. The van der Waals surface area contributed by atoms with E-state index in [-0.39, 0.29) is 31.1 Å². The number of esters is 3. The second-order valence-electron chi connectivity index (χ2n) is 22.0. The minimum Gasteiger partial charge on any atom is -0.462 e. The highest BCUT2D eigenvalue weighted by Crippen LogP contribution is 2.16. The van der Waals surface area contributed by atoms with Crippen LogP contribution < -0.4 is 0 Å². The van der Waals surface area contributed by atoms with Crippen molar-refractivity contribution in [1.82, 2.24) is 0 Å². The number of rotatable bonds is 60. The molecule has 0 amide bonds. The summed E-state index contributed by atoms with van der Waals surface area (Å²) in [7, 11) is 0. The molecule has 448 valence electrons. The number of carbonyl (C=O) groups is 3. The van der Waals surface area contributed by atoms with Gasteiger partial charge >= 0.3 is 17.9 Å². The third-order valence-electron chi connectivity index (χ3n) is 14.3. The van der Waals surface area contributed by atoms with Gasteiger partial charge in [0.25, 0.3) is 0 Å². The molecule has 0 spiro atoms. The van der Waals surface area contributed by atoms with Crippen LogP contribution in [-0.4, -0.2) is 37.2 Å². The van der Waals surface area contributed by atoms with Crippen molar-refractivity contribution in [1.29, 1.82) is 0 Å². The average molecular weight is 1090 g/mol. The van der Waals surface area contributed by atoms with E-state index in [1.165, 1.54) is 180 Å². The molecular formula is C72H124O6. The molecule has 0 aromatic heterocycles. The summed E-state index contributed by atoms with van der Waals surface area (Å²) in [4.78, 5) is 38.2. The van der Waals surface area contributed by atoms with Crippen molar-refractivity contribution in [3.8, 4) is 0 Å². The first-order valence-corrected chi connectivity index (χ1v) is 33.2. The first-order valence-electron chi connectivity index (χ1n) is 33.2. The fourth-order valence-corrected chi connectivity index (χ4v) is 9.36. The highest BCUT2D eigenvalue weighted by molar-refractivity contribution is 5.71. The Kier molecular flexibility index (Phi) is 62.7. The van der Waals surface area contributed by atoms with Crippen LogP contribution in [0.2, 0.25) is 0 Å². The fourth-order valence-electron chi connectivity index (χ4n) is 9.36. The second-order valence-corrected chi connectivity index (χ2v) is 22.0. The molecule has 0 fully saturated rings. The van der Waals surface area contributed by atoms with Gasteiger partial charge in [-0.3, -0.25) is 14.4 Å². The standard InChI is InChI=1S/C72H124O6/c1-4-7-10-13-16-19-21-23-25-27-29-31-32-33-34-35-36-37-38-39-40-42-43-45-47-49-51-53-56-59-62-65-71(74)77-68-69(67-76-70(73)64-61-58-55-18-15-12-9-6-3)78-72(75)66-63-60-57-54-52-50-48-46-44-41-30-28-26-24-22-20-17-14-11-8-5-2/h7,10,16,19,22-25,28-31,33-34,36-37,69H,4-6,8-9,11-15,17-18,20-21,26-27,32,35,38-68H2,1-3H3/b10-7-,19-16-,24-22-,25-23-,30-28-,31-29-,34-33-,37-36-. The summed E-state index contributed by atoms with van der Waals surface area (Å²) >= 11 is 0. The van der Waals surface area contributed by atoms with Gasteiger partial charge in [0, 0.05) is 19.3 Å². The SMILES string of the molecule is CC/C=C\C/C=C\C/C=C\C/C=C\C/C=C\C/C=C\CCCCCCCCCCCCCCC(=O)OCC(COC(=O)CCCCCCCCCC)OC(=O)CCCCCCCCCCC/C=C\C/C=C\CCCCCCC. The molecule has 0 aliphatic rings. The van der Waals surface area contributed by atoms with E-state index in [4.69, 9.17) is 14.2 Å². The molecule has 0 aliphatic heterocycles. The van der Waals surface area contributed by atoms with Crippen molar-refractivity contribution < 1.29 is 28.6 Å². The third kappa shape index (κ3) is 63.2. The fraction of sp³-hybridized carbons (Fsp3) is 0.736. The molecule has 6 heteroatoms. The van der Waals surface area contributed by atoms with Gasteiger partial charge in [0.1, 0.15) is 13.2 Å². The highest BCUT2D eigenvalue weighted by Gasteiger charge is 2.19. The van der Waals surface area contributed by atoms with E-state index in [0.717, 1.165) is 103 Å². The molecule has 6 nitrogen and oxygen atoms in total. The molecule has 0 saturated heterocycles. The molecule has 0 aromatic carbocycles. The maximum Gasteiger partial charge on any atom is 0.306 e. The topological polar surface area (TPSA) is 78.9 Å². The van der Waals surface area contributed by atoms with Crippen LogP contribution in [0.25, 0.3) is 0 Å². The molecule has 0 heterocycles. The van der Waals surface area contributed by atoms with Gasteiger partial charge in [0.15, 0.2) is 6.10 Å². The Bertz CT molecular complexity index is 1530. The van der Waals surface area contributed by atoms with E-state index in [1.807, 2.05) is 0 Å². The van der Waals surface area contributed by atoms with Crippen LogP contribution in [0.15, 0.2) is 97.2 Å². The van der Waals surface area contributed by atoms with E-state index in [1.54, 1.807) is 0 Å². The van der Waals surface area contributed by atoms with Crippen molar-refractivity contribution in [2.75, 3.05) is 13.2 Å². The predicted molar refractivity (Wildman–Crippen MR) is 339 cm³/mol. The lowest BCUT2D eigenvalue weighted by Crippen LogP contribution is -2.30. The summed E-state index contributed by atoms with van der Waals surface area (Å²) in [6.45, 7) is 6.51. The monoisotopic (exact) mass is 1080 g/mol. The van der Waals surface area contributed by atoms with E-state index >= 15 is 0 Å². The largest absolute Gasteiger partial charge is 0.462 e. The van der Waals surface area contributed by atoms with Gasteiger partial charge in [-0.1, -0.05) is 298 Å². The van der Waals surface area contributed by atoms with Crippen LogP contribution >= 0.6 is 0 Å². The molecule has 0 rings (SSSR count). The summed E-state index contributed by atoms with van der Waals surface area (Å²) in [6.07, 6.45) is 88.6. The Morgan fingerprint density at radius 1 is 0.269 bits per heavy atom. The lowest BCUT2D eigenvalue weighted by atomic mass is 10.0. The number of hydrogen-bond acceptors (Lipinski definition) is 6. The summed E-state index contributed by atoms with van der Waals surface area (Å²) in [5.74, 6) is -0.876. The van der Waals surface area contributed by atoms with Gasteiger partial charge in [0.05, 0.1) is 0 Å². The summed E-state index contributed by atoms with van der Waals surface area (Å²) in [5.41, 5.74) is 0. The number of unbranched alkanes of at least 4 members (excludes halogenated alkanes) is 33. The van der Waals surface area contributed by atoms with Crippen molar-refractivity contribution in [2.45, 2.75) is 329 Å². The lowest BCUT2D eigenvalue weighted by molar-refractivity contribution is -0.167. The predicted octanol–water partition coefficient (Wildman–Crippen LogP) is 22.8. The molecule has 0 aliphatic carbocycles. The third-order valence-corrected chi connectivity index (χ3v) is 14.3. The van der Waals surface area contributed by atoms with Gasteiger partial charge in [0.2, 0.25) is 0 Å². The van der Waals surface area contributed by atoms with Gasteiger partial charge in [-0.05, 0) is 103 Å². The molecule has 0 N–H and O–H groups in total. The Morgan fingerprint density at radius 3 is 0.782 bits per heavy atom. The zero-order chi connectivity index (χ0) is 56.4. The minimum absolute atomic E-state index is 0.0765. The first-order chi connectivity index (χ1) is 38.5. The molecule has 0 radical (unpaired) electrons. The van der Waals surface area contributed by atoms with Crippen LogP contribution in [0, 0.1) is 0 Å². The summed E-state index contributed by atoms with van der Waals surface area (Å²) in [5, 5.41) is 0. The van der Waals surface area contributed by atoms with Gasteiger partial charge < -0.3 is 14.2 Å². The Labute approximate surface area is 483 Å². The maximum absolute atomic E-state index is 12.9. The zero-order valence-corrected chi connectivity index (χ0v) is 51.4. The molecule has 0 saturated carbocycles. The first kappa shape index (κ1) is 74.3. The van der Waals surface area contributed by atoms with E-state index in [9.17, 15) is 14.4 Å². The normalized spacial score (nSPS) is 12.7. The van der Waals surface area contributed by atoms with Crippen LogP contribution in [0.1, 0.15) is 323 Å². The van der Waals surface area contributed by atoms with E-state index in [0.29, 0.717) is 19.3 Å². The smallest absolute Gasteiger partial charge is 0.306 e. The average Bonchev–Trinajstić information content (AvgIpc) is 3.44. The van der Waals surface area contributed by atoms with Crippen LogP contribution in [0.3, 0.4) is 0 Å². The molecule has 78 heavy (non-hydrogen) atoms. The second kappa shape index (κ2) is 65.8. The molecule has 1 unspecified atom stereocenters.